The van der Waals surface area contributed by atoms with E-state index in [1.54, 1.807) is 0 Å². The number of allylic oxidation sites excluding steroid dienone is 15. The van der Waals surface area contributed by atoms with E-state index in [9.17, 15) is 19.0 Å². The molecule has 10 heteroatoms. The summed E-state index contributed by atoms with van der Waals surface area (Å²) in [4.78, 5) is 37.7. The van der Waals surface area contributed by atoms with Crippen molar-refractivity contribution in [2.24, 2.45) is 0 Å². The SMILES string of the molecule is CC/C=C/C/C=C/C/C=C/C/C=C/C/C=C/CCC(=O)NC(COP(=O)(O)OCC[N+](C)(C)C)C(/C=C\CCCCCCCCCCCC)OC(=O)CCCCCCCCCCCCCCC/C=C\C/C=C\CCCCC. The highest BCUT2D eigenvalue weighted by atomic mass is 31.2. The Labute approximate surface area is 475 Å². The number of hydrogen-bond acceptors (Lipinski definition) is 6. The Morgan fingerprint density at radius 1 is 0.468 bits per heavy atom. The highest BCUT2D eigenvalue weighted by Crippen LogP contribution is 2.43. The summed E-state index contributed by atoms with van der Waals surface area (Å²) >= 11 is 0. The lowest BCUT2D eigenvalue weighted by atomic mass is 10.0. The number of carbonyl (C=O) groups excluding carboxylic acids is 2. The van der Waals surface area contributed by atoms with Crippen LogP contribution in [0.2, 0.25) is 0 Å². The van der Waals surface area contributed by atoms with E-state index in [-0.39, 0.29) is 37.9 Å². The van der Waals surface area contributed by atoms with Gasteiger partial charge in [0.1, 0.15) is 19.3 Å². The first-order chi connectivity index (χ1) is 37.4. The molecule has 9 nitrogen and oxygen atoms in total. The van der Waals surface area contributed by atoms with Gasteiger partial charge in [0.05, 0.1) is 33.8 Å². The summed E-state index contributed by atoms with van der Waals surface area (Å²) in [6, 6.07) is -0.893. The number of carbonyl (C=O) groups is 2. The van der Waals surface area contributed by atoms with Crippen molar-refractivity contribution in [1.82, 2.24) is 5.32 Å². The highest BCUT2D eigenvalue weighted by molar-refractivity contribution is 7.47. The van der Waals surface area contributed by atoms with E-state index >= 15 is 0 Å². The second kappa shape index (κ2) is 56.2. The van der Waals surface area contributed by atoms with Crippen LogP contribution in [0.25, 0.3) is 0 Å². The number of nitrogens with zero attached hydrogens (tertiary/aromatic N) is 1. The number of amides is 1. The Balaban J connectivity index is 5.26. The average molecular weight is 1100 g/mol. The summed E-state index contributed by atoms with van der Waals surface area (Å²) < 4.78 is 30.6. The molecule has 2 N–H and O–H groups in total. The van der Waals surface area contributed by atoms with Crippen molar-refractivity contribution in [3.05, 3.63) is 97.2 Å². The molecule has 0 aromatic carbocycles. The maximum atomic E-state index is 13.5. The predicted molar refractivity (Wildman–Crippen MR) is 332 cm³/mol. The molecule has 0 heterocycles. The van der Waals surface area contributed by atoms with Crippen molar-refractivity contribution in [1.29, 1.82) is 0 Å². The van der Waals surface area contributed by atoms with Gasteiger partial charge in [-0.1, -0.05) is 253 Å². The Hall–Kier alpha value is -3.07. The van der Waals surface area contributed by atoms with E-state index in [1.165, 1.54) is 148 Å². The van der Waals surface area contributed by atoms with Crippen LogP contribution in [0.5, 0.6) is 0 Å². The van der Waals surface area contributed by atoms with Crippen molar-refractivity contribution in [3.8, 4) is 0 Å². The molecule has 3 unspecified atom stereocenters. The molecule has 0 aliphatic heterocycles. The molecule has 0 aromatic heterocycles. The molecule has 0 saturated carbocycles. The van der Waals surface area contributed by atoms with Crippen LogP contribution in [0, 0.1) is 0 Å². The summed E-state index contributed by atoms with van der Waals surface area (Å²) in [7, 11) is 1.44. The lowest BCUT2D eigenvalue weighted by Crippen LogP contribution is -2.47. The third-order valence-electron chi connectivity index (χ3n) is 13.5. The zero-order valence-corrected chi connectivity index (χ0v) is 51.6. The van der Waals surface area contributed by atoms with Gasteiger partial charge in [0.2, 0.25) is 5.91 Å². The molecule has 0 radical (unpaired) electrons. The van der Waals surface area contributed by atoms with Crippen molar-refractivity contribution in [2.75, 3.05) is 40.9 Å². The van der Waals surface area contributed by atoms with Gasteiger partial charge in [-0.25, -0.2) is 4.57 Å². The van der Waals surface area contributed by atoms with Crippen LogP contribution in [-0.2, 0) is 27.9 Å². The summed E-state index contributed by atoms with van der Waals surface area (Å²) in [6.45, 7) is 6.82. The van der Waals surface area contributed by atoms with E-state index in [4.69, 9.17) is 13.8 Å². The molecular formula is C67H120N2O7P+. The molecule has 0 aliphatic carbocycles. The molecular weight excluding hydrogens is 976 g/mol. The maximum absolute atomic E-state index is 13.5. The number of phosphoric acid groups is 1. The van der Waals surface area contributed by atoms with Gasteiger partial charge in [-0.3, -0.25) is 18.6 Å². The standard InChI is InChI=1S/C67H119N2O7P/c1-7-10-13-16-19-22-25-28-30-32-33-34-35-36-37-38-40-42-45-48-51-54-57-60-67(71)76-65(58-55-52-49-46-43-27-24-21-18-15-12-9-3)64(63-75-77(72,73)74-62-61-69(4,5)6)68-66(70)59-56-53-50-47-44-41-39-31-29-26-23-20-17-14-11-8-2/h11,14,19-20,22-23,28-31,41,44,50,53,55,58,64-65H,7-10,12-13,15-18,21,24-27,32-40,42-43,45-49,51-52,54,56-57,59-63H2,1-6H3,(H-,68,70,72,73)/p+1/b14-11+,22-19-,23-20+,30-28-,31-29+,44-41+,53-50+,58-55-. The number of quaternary nitrogens is 1. The summed E-state index contributed by atoms with van der Waals surface area (Å²) in [6.07, 6.45) is 75.7. The van der Waals surface area contributed by atoms with Crippen molar-refractivity contribution >= 4 is 19.7 Å². The van der Waals surface area contributed by atoms with Gasteiger partial charge >= 0.3 is 13.8 Å². The number of hydrogen-bond donors (Lipinski definition) is 2. The summed E-state index contributed by atoms with van der Waals surface area (Å²) in [5.41, 5.74) is 0. The normalized spacial score (nSPS) is 14.3. The minimum atomic E-state index is -4.47. The van der Waals surface area contributed by atoms with Crippen LogP contribution in [0.3, 0.4) is 0 Å². The van der Waals surface area contributed by atoms with E-state index in [0.717, 1.165) is 77.0 Å². The fourth-order valence-electron chi connectivity index (χ4n) is 8.66. The smallest absolute Gasteiger partial charge is 0.456 e. The topological polar surface area (TPSA) is 111 Å². The maximum Gasteiger partial charge on any atom is 0.472 e. The average Bonchev–Trinajstić information content (AvgIpc) is 3.39. The van der Waals surface area contributed by atoms with Gasteiger partial charge in [-0.05, 0) is 96.0 Å². The Morgan fingerprint density at radius 3 is 1.30 bits per heavy atom. The molecule has 1 amide bonds. The Morgan fingerprint density at radius 2 is 0.844 bits per heavy atom. The second-order valence-electron chi connectivity index (χ2n) is 22.2. The minimum absolute atomic E-state index is 0.0233. The summed E-state index contributed by atoms with van der Waals surface area (Å²) in [5, 5.41) is 3.00. The van der Waals surface area contributed by atoms with E-state index in [1.807, 2.05) is 39.4 Å². The molecule has 0 rings (SSSR count). The number of nitrogens with one attached hydrogen (secondary N) is 1. The van der Waals surface area contributed by atoms with E-state index in [0.29, 0.717) is 17.4 Å². The lowest BCUT2D eigenvalue weighted by molar-refractivity contribution is -0.870. The quantitative estimate of drug-likeness (QED) is 0.0205. The van der Waals surface area contributed by atoms with Gasteiger partial charge in [-0.2, -0.15) is 0 Å². The highest BCUT2D eigenvalue weighted by Gasteiger charge is 2.30. The lowest BCUT2D eigenvalue weighted by Gasteiger charge is -2.27. The molecule has 444 valence electrons. The molecule has 77 heavy (non-hydrogen) atoms. The van der Waals surface area contributed by atoms with Crippen LogP contribution >= 0.6 is 7.82 Å². The summed E-state index contributed by atoms with van der Waals surface area (Å²) in [5.74, 6) is -0.603. The first kappa shape index (κ1) is 73.9. The van der Waals surface area contributed by atoms with Gasteiger partial charge in [0.25, 0.3) is 0 Å². The molecule has 0 aliphatic rings. The molecule has 0 saturated heterocycles. The van der Waals surface area contributed by atoms with Crippen molar-refractivity contribution in [2.45, 2.75) is 277 Å². The van der Waals surface area contributed by atoms with Crippen LogP contribution in [0.4, 0.5) is 0 Å². The number of likely N-dealkylation sites (N-methyl/N-ethyl adjacent to an activating group) is 1. The van der Waals surface area contributed by atoms with Crippen LogP contribution in [-0.4, -0.2) is 74.3 Å². The monoisotopic (exact) mass is 1100 g/mol. The largest absolute Gasteiger partial charge is 0.472 e. The van der Waals surface area contributed by atoms with Crippen molar-refractivity contribution in [3.63, 3.8) is 0 Å². The fraction of sp³-hybridized carbons (Fsp3) is 0.731. The fourth-order valence-corrected chi connectivity index (χ4v) is 9.40. The Kier molecular flexibility index (Phi) is 54.0. The Bertz CT molecular complexity index is 1640. The molecule has 0 bridgehead atoms. The van der Waals surface area contributed by atoms with Crippen LogP contribution in [0.15, 0.2) is 97.2 Å². The van der Waals surface area contributed by atoms with Gasteiger partial charge in [0.15, 0.2) is 0 Å². The van der Waals surface area contributed by atoms with Gasteiger partial charge in [0, 0.05) is 12.8 Å². The van der Waals surface area contributed by atoms with Gasteiger partial charge < -0.3 is 19.4 Å². The van der Waals surface area contributed by atoms with Gasteiger partial charge in [-0.15, -0.1) is 0 Å². The molecule has 3 atom stereocenters. The predicted octanol–water partition coefficient (Wildman–Crippen LogP) is 19.6. The second-order valence-corrected chi connectivity index (χ2v) is 23.6. The number of ether oxygens (including phenoxy) is 1. The molecule has 0 aromatic rings. The number of rotatable bonds is 56. The number of unbranched alkanes of at least 4 members (excludes halogenated alkanes) is 26. The first-order valence-corrected chi connectivity index (χ1v) is 33.1. The first-order valence-electron chi connectivity index (χ1n) is 31.6. The zero-order chi connectivity index (χ0) is 56.4. The third-order valence-corrected chi connectivity index (χ3v) is 14.5. The minimum Gasteiger partial charge on any atom is -0.456 e. The number of esters is 1. The van der Waals surface area contributed by atoms with Crippen LogP contribution < -0.4 is 5.32 Å². The number of phosphoric ester groups is 1. The third kappa shape index (κ3) is 57.4. The van der Waals surface area contributed by atoms with E-state index < -0.39 is 20.0 Å². The van der Waals surface area contributed by atoms with E-state index in [2.05, 4.69) is 105 Å². The van der Waals surface area contributed by atoms with Crippen LogP contribution in [0.1, 0.15) is 265 Å². The van der Waals surface area contributed by atoms with Crippen molar-refractivity contribution < 1.29 is 37.3 Å². The molecule has 0 fully saturated rings. The molecule has 0 spiro atoms. The zero-order valence-electron chi connectivity index (χ0n) is 50.7.